The molecule has 0 spiro atoms. The van der Waals surface area contributed by atoms with Crippen LogP contribution in [0.1, 0.15) is 10.4 Å². The number of aromatic nitrogens is 4. The van der Waals surface area contributed by atoms with Gasteiger partial charge in [0.25, 0.3) is 5.56 Å². The molecule has 8 nitrogen and oxygen atoms in total. The highest BCUT2D eigenvalue weighted by Gasteiger charge is 2.25. The molecule has 2 aliphatic heterocycles. The van der Waals surface area contributed by atoms with Crippen LogP contribution in [0.2, 0.25) is 0 Å². The highest BCUT2D eigenvalue weighted by Crippen LogP contribution is 2.25. The average Bonchev–Trinajstić information content (AvgIpc) is 3.09. The van der Waals surface area contributed by atoms with Crippen molar-refractivity contribution in [3.05, 3.63) is 77.1 Å². The zero-order chi connectivity index (χ0) is 19.7. The molecule has 0 fully saturated rings. The van der Waals surface area contributed by atoms with Gasteiger partial charge in [0.05, 0.1) is 37.4 Å². The van der Waals surface area contributed by atoms with Crippen LogP contribution >= 0.6 is 0 Å². The summed E-state index contributed by atoms with van der Waals surface area (Å²) < 4.78 is 12.9. The van der Waals surface area contributed by atoms with Crippen LogP contribution in [0.4, 0.5) is 0 Å². The summed E-state index contributed by atoms with van der Waals surface area (Å²) in [6.07, 6.45) is 6.49. The minimum absolute atomic E-state index is 0.188. The Morgan fingerprint density at radius 3 is 2.46 bits per heavy atom. The minimum atomic E-state index is -0.581. The van der Waals surface area contributed by atoms with E-state index in [9.17, 15) is 9.59 Å². The van der Waals surface area contributed by atoms with Crippen molar-refractivity contribution in [2.45, 2.75) is 0 Å². The summed E-state index contributed by atoms with van der Waals surface area (Å²) in [6, 6.07) is 10.5. The van der Waals surface area contributed by atoms with Crippen LogP contribution in [0, 0.1) is 0 Å². The fourth-order valence-corrected chi connectivity index (χ4v) is 2.92. The lowest BCUT2D eigenvalue weighted by atomic mass is 10.1. The van der Waals surface area contributed by atoms with Crippen LogP contribution in [0.25, 0.3) is 22.6 Å². The molecular weight excluding hydrogens is 360 g/mol. The van der Waals surface area contributed by atoms with E-state index in [1.807, 2.05) is 6.07 Å². The maximum Gasteiger partial charge on any atom is 0.341 e. The fraction of sp³-hybridized carbons (Fsp3) is 0.100. The molecule has 0 amide bonds. The molecule has 28 heavy (non-hydrogen) atoms. The number of benzene rings is 1. The Bertz CT molecular complexity index is 1160. The van der Waals surface area contributed by atoms with Crippen molar-refractivity contribution in [1.82, 2.24) is 19.3 Å². The third-order valence-electron chi connectivity index (χ3n) is 4.34. The van der Waals surface area contributed by atoms with Gasteiger partial charge in [0.2, 0.25) is 0 Å². The molecule has 0 aliphatic carbocycles. The van der Waals surface area contributed by atoms with Gasteiger partial charge >= 0.3 is 5.97 Å². The SMILES string of the molecule is COC(=O)c1cn(-c2cccnc2)cc2c(=O)n(-c3ccc(OC)cc3)nc1-2. The van der Waals surface area contributed by atoms with Crippen LogP contribution in [0.5, 0.6) is 5.75 Å². The van der Waals surface area contributed by atoms with E-state index in [1.165, 1.54) is 11.8 Å². The fourth-order valence-electron chi connectivity index (χ4n) is 2.92. The van der Waals surface area contributed by atoms with Gasteiger partial charge in [-0.15, -0.1) is 0 Å². The molecule has 0 saturated carbocycles. The summed E-state index contributed by atoms with van der Waals surface area (Å²) >= 11 is 0. The minimum Gasteiger partial charge on any atom is -0.497 e. The molecular formula is C20H16N4O4. The van der Waals surface area contributed by atoms with Gasteiger partial charge in [-0.25, -0.2) is 4.79 Å². The normalized spacial score (nSPS) is 10.8. The maximum absolute atomic E-state index is 13.0. The second-order valence-corrected chi connectivity index (χ2v) is 5.96. The van der Waals surface area contributed by atoms with Crippen LogP contribution in [0.15, 0.2) is 66.0 Å². The van der Waals surface area contributed by atoms with E-state index < -0.39 is 5.97 Å². The molecule has 8 heteroatoms. The standard InChI is InChI=1S/C20H16N4O4/c1-27-15-7-5-13(6-8-15)24-19(25)16-11-23(14-4-3-9-21-10-14)12-17(18(16)22-24)20(26)28-2/h3-12H,1-2H3. The number of nitrogens with zero attached hydrogens (tertiary/aromatic N) is 4. The van der Waals surface area contributed by atoms with Gasteiger partial charge in [0.1, 0.15) is 17.0 Å². The smallest absolute Gasteiger partial charge is 0.341 e. The predicted octanol–water partition coefficient (Wildman–Crippen LogP) is 2.32. The Morgan fingerprint density at radius 1 is 1.04 bits per heavy atom. The number of ether oxygens (including phenoxy) is 2. The molecule has 0 saturated heterocycles. The summed E-state index contributed by atoms with van der Waals surface area (Å²) in [5, 5.41) is 4.38. The van der Waals surface area contributed by atoms with E-state index in [2.05, 4.69) is 10.1 Å². The summed E-state index contributed by atoms with van der Waals surface area (Å²) in [5.41, 5.74) is 1.67. The van der Waals surface area contributed by atoms with Crippen LogP contribution < -0.4 is 10.3 Å². The molecule has 3 heterocycles. The van der Waals surface area contributed by atoms with Gasteiger partial charge in [0, 0.05) is 18.6 Å². The van der Waals surface area contributed by atoms with Gasteiger partial charge in [0.15, 0.2) is 0 Å². The lowest BCUT2D eigenvalue weighted by Gasteiger charge is -2.11. The summed E-state index contributed by atoms with van der Waals surface area (Å²) in [4.78, 5) is 29.4. The van der Waals surface area contributed by atoms with E-state index >= 15 is 0 Å². The number of hydrogen-bond donors (Lipinski definition) is 0. The number of hydrogen-bond acceptors (Lipinski definition) is 6. The molecule has 0 radical (unpaired) electrons. The van der Waals surface area contributed by atoms with Crippen LogP contribution in [0.3, 0.4) is 0 Å². The topological polar surface area (TPSA) is 88.2 Å². The lowest BCUT2D eigenvalue weighted by Crippen LogP contribution is -2.15. The van der Waals surface area contributed by atoms with Gasteiger partial charge < -0.3 is 14.0 Å². The van der Waals surface area contributed by atoms with Gasteiger partial charge in [-0.2, -0.15) is 9.78 Å². The molecule has 0 unspecified atom stereocenters. The second kappa shape index (κ2) is 6.99. The first-order valence-corrected chi connectivity index (χ1v) is 8.40. The first-order valence-electron chi connectivity index (χ1n) is 8.40. The zero-order valence-electron chi connectivity index (χ0n) is 15.2. The van der Waals surface area contributed by atoms with Crippen molar-refractivity contribution in [2.24, 2.45) is 0 Å². The van der Waals surface area contributed by atoms with Gasteiger partial charge in [-0.05, 0) is 36.4 Å². The third kappa shape index (κ3) is 2.90. The third-order valence-corrected chi connectivity index (χ3v) is 4.34. The van der Waals surface area contributed by atoms with E-state index in [0.717, 1.165) is 0 Å². The molecule has 140 valence electrons. The Morgan fingerprint density at radius 2 is 1.82 bits per heavy atom. The Kier molecular flexibility index (Phi) is 4.36. The number of fused-ring (bicyclic) bond motifs is 1. The highest BCUT2D eigenvalue weighted by molar-refractivity contribution is 5.96. The highest BCUT2D eigenvalue weighted by atomic mass is 16.5. The molecule has 2 aliphatic rings. The van der Waals surface area contributed by atoms with E-state index in [1.54, 1.807) is 66.8 Å². The van der Waals surface area contributed by atoms with Crippen molar-refractivity contribution in [1.29, 1.82) is 0 Å². The Labute approximate surface area is 159 Å². The predicted molar refractivity (Wildman–Crippen MR) is 101 cm³/mol. The van der Waals surface area contributed by atoms with Crippen LogP contribution in [-0.2, 0) is 4.74 Å². The van der Waals surface area contributed by atoms with Crippen LogP contribution in [-0.4, -0.2) is 39.5 Å². The number of pyridine rings is 2. The molecule has 4 rings (SSSR count). The maximum atomic E-state index is 13.0. The summed E-state index contributed by atoms with van der Waals surface area (Å²) in [7, 11) is 2.85. The second-order valence-electron chi connectivity index (χ2n) is 5.96. The number of carbonyl (C=O) groups excluding carboxylic acids is 1. The molecule has 0 atom stereocenters. The molecule has 0 N–H and O–H groups in total. The number of rotatable bonds is 4. The van der Waals surface area contributed by atoms with Crippen molar-refractivity contribution < 1.29 is 14.3 Å². The molecule has 0 bridgehead atoms. The van der Waals surface area contributed by atoms with E-state index in [0.29, 0.717) is 22.7 Å². The summed E-state index contributed by atoms with van der Waals surface area (Å²) in [6.45, 7) is 0. The largest absolute Gasteiger partial charge is 0.497 e. The first kappa shape index (κ1) is 17.5. The zero-order valence-corrected chi connectivity index (χ0v) is 15.2. The molecule has 1 aromatic carbocycles. The number of methoxy groups -OCH3 is 2. The Balaban J connectivity index is 1.95. The molecule has 2 aromatic rings. The first-order chi connectivity index (χ1) is 13.6. The number of carbonyl (C=O) groups is 1. The van der Waals surface area contributed by atoms with E-state index in [-0.39, 0.29) is 16.8 Å². The van der Waals surface area contributed by atoms with Crippen molar-refractivity contribution in [2.75, 3.05) is 14.2 Å². The van der Waals surface area contributed by atoms with Gasteiger partial charge in [-0.1, -0.05) is 0 Å². The average molecular weight is 376 g/mol. The quantitative estimate of drug-likeness (QED) is 0.508. The van der Waals surface area contributed by atoms with E-state index in [4.69, 9.17) is 9.47 Å². The monoisotopic (exact) mass is 376 g/mol. The number of esters is 1. The van der Waals surface area contributed by atoms with Crippen molar-refractivity contribution >= 4 is 5.97 Å². The van der Waals surface area contributed by atoms with Crippen molar-refractivity contribution in [3.8, 4) is 28.4 Å². The Hall–Kier alpha value is -3.94. The lowest BCUT2D eigenvalue weighted by molar-refractivity contribution is 0.0600. The van der Waals surface area contributed by atoms with Crippen molar-refractivity contribution in [3.63, 3.8) is 0 Å². The summed E-state index contributed by atoms with van der Waals surface area (Å²) in [5.74, 6) is 0.0835. The van der Waals surface area contributed by atoms with Gasteiger partial charge in [-0.3, -0.25) is 9.78 Å². The molecule has 1 aromatic heterocycles.